The van der Waals surface area contributed by atoms with Gasteiger partial charge in [-0.2, -0.15) is 0 Å². The van der Waals surface area contributed by atoms with Crippen molar-refractivity contribution in [3.63, 3.8) is 0 Å². The second-order valence-corrected chi connectivity index (χ2v) is 13.6. The van der Waals surface area contributed by atoms with Gasteiger partial charge in [0.2, 0.25) is 5.91 Å². The van der Waals surface area contributed by atoms with Crippen LogP contribution in [-0.4, -0.2) is 120 Å². The number of carbonyl (C=O) groups is 4. The lowest BCUT2D eigenvalue weighted by Gasteiger charge is -2.19. The molecular formula is C33H47N3O13S. The van der Waals surface area contributed by atoms with Gasteiger partial charge < -0.3 is 44.2 Å². The van der Waals surface area contributed by atoms with Crippen LogP contribution in [0.25, 0.3) is 0 Å². The molecule has 1 aromatic heterocycles. The normalized spacial score (nSPS) is 11.5. The minimum atomic E-state index is -3.71. The highest BCUT2D eigenvalue weighted by molar-refractivity contribution is 7.90. The molecule has 17 heteroatoms. The third-order valence-electron chi connectivity index (χ3n) is 6.12. The number of carboxylic acid groups (broad SMARTS) is 1. The fourth-order valence-corrected chi connectivity index (χ4v) is 5.16. The molecule has 2 aromatic rings. The van der Waals surface area contributed by atoms with Crippen LogP contribution >= 0.6 is 0 Å². The van der Waals surface area contributed by atoms with Crippen LogP contribution in [0.3, 0.4) is 0 Å². The Kier molecular flexibility index (Phi) is 18.9. The van der Waals surface area contributed by atoms with Crippen molar-refractivity contribution in [3.8, 4) is 5.75 Å². The van der Waals surface area contributed by atoms with Gasteiger partial charge in [0.05, 0.1) is 68.2 Å². The van der Waals surface area contributed by atoms with Crippen LogP contribution in [-0.2, 0) is 53.7 Å². The van der Waals surface area contributed by atoms with E-state index in [2.05, 4.69) is 15.6 Å². The molecule has 0 unspecified atom stereocenters. The number of esters is 1. The summed E-state index contributed by atoms with van der Waals surface area (Å²) < 4.78 is 57.3. The molecule has 16 nitrogen and oxygen atoms in total. The van der Waals surface area contributed by atoms with E-state index in [-0.39, 0.29) is 113 Å². The number of benzene rings is 1. The fourth-order valence-electron chi connectivity index (χ4n) is 3.88. The Bertz CT molecular complexity index is 1440. The molecular weight excluding hydrogens is 678 g/mol. The second-order valence-electron chi connectivity index (χ2n) is 11.6. The SMILES string of the molecule is CC(C)(C)OC(=O)CCCOc1ccc(S(=O)(=O)Cc2ccc(C(=O)NCCOCCOCC(=O)NCCOCCOCC(=O)O)cn2)cc1. The minimum Gasteiger partial charge on any atom is -0.494 e. The molecule has 3 N–H and O–H groups in total. The molecule has 0 fully saturated rings. The van der Waals surface area contributed by atoms with Crippen molar-refractivity contribution in [2.75, 3.05) is 72.6 Å². The summed E-state index contributed by atoms with van der Waals surface area (Å²) in [4.78, 5) is 50.5. The lowest BCUT2D eigenvalue weighted by molar-refractivity contribution is -0.155. The molecule has 2 rings (SSSR count). The van der Waals surface area contributed by atoms with Crippen molar-refractivity contribution >= 4 is 33.6 Å². The van der Waals surface area contributed by atoms with Gasteiger partial charge >= 0.3 is 11.9 Å². The molecule has 0 aliphatic heterocycles. The second kappa shape index (κ2) is 22.5. The van der Waals surface area contributed by atoms with E-state index in [0.717, 1.165) is 0 Å². The van der Waals surface area contributed by atoms with Gasteiger partial charge in [0.15, 0.2) is 9.84 Å². The van der Waals surface area contributed by atoms with Gasteiger partial charge in [0.25, 0.3) is 5.91 Å². The Balaban J connectivity index is 1.57. The smallest absolute Gasteiger partial charge is 0.329 e. The van der Waals surface area contributed by atoms with Crippen molar-refractivity contribution in [2.45, 2.75) is 49.9 Å². The lowest BCUT2D eigenvalue weighted by Crippen LogP contribution is -2.31. The highest BCUT2D eigenvalue weighted by Gasteiger charge is 2.18. The number of hydrogen-bond donors (Lipinski definition) is 3. The molecule has 0 saturated heterocycles. The topological polar surface area (TPSA) is 215 Å². The number of carboxylic acids is 1. The monoisotopic (exact) mass is 725 g/mol. The summed E-state index contributed by atoms with van der Waals surface area (Å²) in [7, 11) is -3.71. The maximum Gasteiger partial charge on any atom is 0.329 e. The third kappa shape index (κ3) is 19.1. The van der Waals surface area contributed by atoms with E-state index in [1.807, 2.05) is 0 Å². The van der Waals surface area contributed by atoms with Gasteiger partial charge in [0.1, 0.15) is 24.6 Å². The number of pyridine rings is 1. The van der Waals surface area contributed by atoms with E-state index in [1.165, 1.54) is 30.5 Å². The minimum absolute atomic E-state index is 0.0944. The number of hydrogen-bond acceptors (Lipinski definition) is 13. The van der Waals surface area contributed by atoms with Crippen LogP contribution in [0.5, 0.6) is 5.75 Å². The zero-order valence-electron chi connectivity index (χ0n) is 28.6. The number of nitrogens with one attached hydrogen (secondary N) is 2. The maximum absolute atomic E-state index is 12.9. The van der Waals surface area contributed by atoms with Crippen molar-refractivity contribution in [1.29, 1.82) is 0 Å². The Hall–Kier alpha value is -4.16. The number of nitrogens with zero attached hydrogens (tertiary/aromatic N) is 1. The summed E-state index contributed by atoms with van der Waals surface area (Å²) in [6.45, 7) is 6.78. The first-order valence-corrected chi connectivity index (χ1v) is 17.6. The number of aliphatic carboxylic acids is 1. The van der Waals surface area contributed by atoms with Crippen molar-refractivity contribution < 1.29 is 61.1 Å². The molecule has 0 aliphatic carbocycles. The Morgan fingerprint density at radius 2 is 1.40 bits per heavy atom. The van der Waals surface area contributed by atoms with E-state index in [1.54, 1.807) is 32.9 Å². The van der Waals surface area contributed by atoms with Crippen LogP contribution in [0.2, 0.25) is 0 Å². The van der Waals surface area contributed by atoms with Gasteiger partial charge in [-0.25, -0.2) is 13.2 Å². The molecule has 50 heavy (non-hydrogen) atoms. The highest BCUT2D eigenvalue weighted by atomic mass is 32.2. The molecule has 0 radical (unpaired) electrons. The zero-order chi connectivity index (χ0) is 36.8. The standard InChI is InChI=1S/C33H47N3O13S/c1-33(2,3)49-31(40)5-4-14-48-27-8-10-28(11-9-27)50(42,43)24-26-7-6-25(21-36-26)32(41)35-13-16-45-17-19-46-22-29(37)34-12-15-44-18-20-47-23-30(38)39/h6-11,21H,4-5,12-20,22-24H2,1-3H3,(H,34,37)(H,35,41)(H,38,39). The van der Waals surface area contributed by atoms with Crippen LogP contribution in [0, 0.1) is 0 Å². The number of aromatic nitrogens is 1. The van der Waals surface area contributed by atoms with Crippen molar-refractivity contribution in [2.24, 2.45) is 0 Å². The average Bonchev–Trinajstić information content (AvgIpc) is 3.05. The maximum atomic E-state index is 12.9. The first kappa shape index (κ1) is 42.0. The van der Waals surface area contributed by atoms with Gasteiger partial charge in [-0.1, -0.05) is 0 Å². The summed E-state index contributed by atoms with van der Waals surface area (Å²) in [5.41, 5.74) is -0.0170. The highest BCUT2D eigenvalue weighted by Crippen LogP contribution is 2.20. The number of ether oxygens (including phenoxy) is 6. The Morgan fingerprint density at radius 3 is 2.00 bits per heavy atom. The molecule has 0 spiro atoms. The van der Waals surface area contributed by atoms with E-state index < -0.39 is 27.3 Å². The van der Waals surface area contributed by atoms with Gasteiger partial charge in [-0.05, 0) is 63.6 Å². The van der Waals surface area contributed by atoms with Crippen LogP contribution < -0.4 is 15.4 Å². The molecule has 0 atom stereocenters. The Morgan fingerprint density at radius 1 is 0.780 bits per heavy atom. The average molecular weight is 726 g/mol. The molecule has 0 saturated carbocycles. The summed E-state index contributed by atoms with van der Waals surface area (Å²) in [5.74, 6) is -1.98. The van der Waals surface area contributed by atoms with Gasteiger partial charge in [-0.15, -0.1) is 0 Å². The number of carbonyl (C=O) groups excluding carboxylic acids is 3. The quantitative estimate of drug-likeness (QED) is 0.0979. The number of sulfone groups is 1. The largest absolute Gasteiger partial charge is 0.494 e. The van der Waals surface area contributed by atoms with E-state index in [4.69, 9.17) is 33.5 Å². The lowest BCUT2D eigenvalue weighted by atomic mass is 10.2. The van der Waals surface area contributed by atoms with Gasteiger partial charge in [0, 0.05) is 25.7 Å². The fraction of sp³-hybridized carbons (Fsp3) is 0.545. The van der Waals surface area contributed by atoms with E-state index in [0.29, 0.717) is 12.2 Å². The predicted molar refractivity (Wildman–Crippen MR) is 178 cm³/mol. The van der Waals surface area contributed by atoms with Gasteiger partial charge in [-0.3, -0.25) is 19.4 Å². The van der Waals surface area contributed by atoms with Crippen LogP contribution in [0.15, 0.2) is 47.5 Å². The predicted octanol–water partition coefficient (Wildman–Crippen LogP) is 1.55. The first-order chi connectivity index (χ1) is 23.7. The molecule has 0 bridgehead atoms. The summed E-state index contributed by atoms with van der Waals surface area (Å²) >= 11 is 0. The molecule has 278 valence electrons. The molecule has 2 amide bonds. The number of amides is 2. The summed E-state index contributed by atoms with van der Waals surface area (Å²) in [6.07, 6.45) is 1.97. The van der Waals surface area contributed by atoms with Crippen LogP contribution in [0.1, 0.15) is 49.7 Å². The third-order valence-corrected chi connectivity index (χ3v) is 7.79. The zero-order valence-corrected chi connectivity index (χ0v) is 29.5. The molecule has 0 aliphatic rings. The summed E-state index contributed by atoms with van der Waals surface area (Å²) in [6, 6.07) is 8.95. The van der Waals surface area contributed by atoms with Crippen molar-refractivity contribution in [1.82, 2.24) is 15.6 Å². The van der Waals surface area contributed by atoms with E-state index in [9.17, 15) is 27.6 Å². The van der Waals surface area contributed by atoms with E-state index >= 15 is 0 Å². The van der Waals surface area contributed by atoms with Crippen LogP contribution in [0.4, 0.5) is 0 Å². The molecule has 1 heterocycles. The number of rotatable bonds is 25. The summed E-state index contributed by atoms with van der Waals surface area (Å²) in [5, 5.41) is 13.7. The van der Waals surface area contributed by atoms with Crippen molar-refractivity contribution in [3.05, 3.63) is 53.9 Å². The molecule has 1 aromatic carbocycles. The Labute approximate surface area is 292 Å². The first-order valence-electron chi connectivity index (χ1n) is 16.0.